The van der Waals surface area contributed by atoms with Gasteiger partial charge in [0.1, 0.15) is 12.3 Å². The Bertz CT molecular complexity index is 902. The zero-order valence-corrected chi connectivity index (χ0v) is 18.8. The molecule has 0 saturated carbocycles. The summed E-state index contributed by atoms with van der Waals surface area (Å²) in [5.41, 5.74) is 0.507. The minimum absolute atomic E-state index is 0.0369. The van der Waals surface area contributed by atoms with Gasteiger partial charge in [0.25, 0.3) is 0 Å². The van der Waals surface area contributed by atoms with E-state index in [4.69, 9.17) is 13.9 Å². The molecule has 1 aromatic carbocycles. The van der Waals surface area contributed by atoms with Gasteiger partial charge >= 0.3 is 6.03 Å². The van der Waals surface area contributed by atoms with Gasteiger partial charge in [0, 0.05) is 18.1 Å². The highest BCUT2D eigenvalue weighted by Crippen LogP contribution is 2.33. The van der Waals surface area contributed by atoms with Crippen molar-refractivity contribution in [2.24, 2.45) is 0 Å². The van der Waals surface area contributed by atoms with Crippen molar-refractivity contribution in [3.05, 3.63) is 47.9 Å². The summed E-state index contributed by atoms with van der Waals surface area (Å²) in [6.07, 6.45) is 1.58. The number of amides is 3. The first kappa shape index (κ1) is 22.5. The van der Waals surface area contributed by atoms with E-state index in [0.717, 1.165) is 5.56 Å². The van der Waals surface area contributed by atoms with Gasteiger partial charge in [0.15, 0.2) is 11.5 Å². The predicted octanol–water partition coefficient (Wildman–Crippen LogP) is 3.76. The molecule has 3 amide bonds. The van der Waals surface area contributed by atoms with Crippen LogP contribution in [0.5, 0.6) is 11.5 Å². The lowest BCUT2D eigenvalue weighted by Gasteiger charge is -2.32. The van der Waals surface area contributed by atoms with Crippen molar-refractivity contribution < 1.29 is 23.5 Å². The number of ether oxygens (including phenoxy) is 2. The molecule has 0 atom stereocenters. The fourth-order valence-electron chi connectivity index (χ4n) is 3.21. The lowest BCUT2D eigenvalue weighted by molar-refractivity contribution is -0.133. The molecule has 168 valence electrons. The third kappa shape index (κ3) is 6.16. The molecule has 1 N–H and O–H groups in total. The number of urea groups is 1. The standard InChI is InChI=1S/C23H31N3O5/c1-16(2)26(22(28)24-23(3,4)5)14-21(27)25(13-18-7-6-10-29-18)12-17-8-9-19-20(11-17)31-15-30-19/h6-11,16H,12-15H2,1-5H3,(H,24,28). The highest BCUT2D eigenvalue weighted by atomic mass is 16.7. The molecule has 0 unspecified atom stereocenters. The van der Waals surface area contributed by atoms with Gasteiger partial charge in [0.2, 0.25) is 12.7 Å². The Labute approximate surface area is 183 Å². The van der Waals surface area contributed by atoms with Crippen molar-refractivity contribution in [2.75, 3.05) is 13.3 Å². The number of nitrogens with one attached hydrogen (secondary N) is 1. The van der Waals surface area contributed by atoms with Gasteiger partial charge in [0.05, 0.1) is 12.8 Å². The zero-order chi connectivity index (χ0) is 22.6. The average molecular weight is 430 g/mol. The summed E-state index contributed by atoms with van der Waals surface area (Å²) in [7, 11) is 0. The summed E-state index contributed by atoms with van der Waals surface area (Å²) in [5.74, 6) is 1.85. The minimum atomic E-state index is -0.395. The topological polar surface area (TPSA) is 84.2 Å². The van der Waals surface area contributed by atoms with E-state index in [2.05, 4.69) is 5.32 Å². The van der Waals surface area contributed by atoms with Gasteiger partial charge in [-0.2, -0.15) is 0 Å². The monoisotopic (exact) mass is 429 g/mol. The summed E-state index contributed by atoms with van der Waals surface area (Å²) in [4.78, 5) is 29.3. The first-order valence-electron chi connectivity index (χ1n) is 10.4. The number of carbonyl (C=O) groups excluding carboxylic acids is 2. The Morgan fingerprint density at radius 2 is 1.84 bits per heavy atom. The van der Waals surface area contributed by atoms with Crippen molar-refractivity contribution >= 4 is 11.9 Å². The molecule has 1 aliphatic rings. The van der Waals surface area contributed by atoms with Crippen molar-refractivity contribution in [2.45, 2.75) is 59.3 Å². The van der Waals surface area contributed by atoms with Crippen LogP contribution in [-0.4, -0.2) is 46.7 Å². The smallest absolute Gasteiger partial charge is 0.318 e. The molecule has 8 heteroatoms. The van der Waals surface area contributed by atoms with Crippen molar-refractivity contribution in [1.82, 2.24) is 15.1 Å². The molecule has 1 aromatic heterocycles. The molecule has 2 aromatic rings. The molecule has 0 saturated heterocycles. The maximum absolute atomic E-state index is 13.3. The Hall–Kier alpha value is -3.16. The van der Waals surface area contributed by atoms with Crippen LogP contribution in [0, 0.1) is 0 Å². The predicted molar refractivity (Wildman–Crippen MR) is 116 cm³/mol. The van der Waals surface area contributed by atoms with Crippen LogP contribution < -0.4 is 14.8 Å². The molecule has 2 heterocycles. The van der Waals surface area contributed by atoms with Gasteiger partial charge in [-0.3, -0.25) is 4.79 Å². The largest absolute Gasteiger partial charge is 0.467 e. The summed E-state index contributed by atoms with van der Waals surface area (Å²) in [6, 6.07) is 8.82. The Kier molecular flexibility index (Phi) is 6.77. The molecule has 3 rings (SSSR count). The van der Waals surface area contributed by atoms with Gasteiger partial charge in [-0.25, -0.2) is 4.79 Å². The van der Waals surface area contributed by atoms with Crippen LogP contribution in [0.4, 0.5) is 4.79 Å². The quantitative estimate of drug-likeness (QED) is 0.725. The second kappa shape index (κ2) is 9.32. The molecule has 0 aliphatic carbocycles. The number of rotatable bonds is 7. The number of benzene rings is 1. The third-order valence-corrected chi connectivity index (χ3v) is 4.76. The normalized spacial score (nSPS) is 12.7. The SMILES string of the molecule is CC(C)N(CC(=O)N(Cc1ccc2c(c1)OCO2)Cc1ccco1)C(=O)NC(C)(C)C. The Morgan fingerprint density at radius 3 is 2.48 bits per heavy atom. The first-order valence-corrected chi connectivity index (χ1v) is 10.4. The highest BCUT2D eigenvalue weighted by molar-refractivity contribution is 5.84. The Morgan fingerprint density at radius 1 is 1.10 bits per heavy atom. The maximum Gasteiger partial charge on any atom is 0.318 e. The van der Waals surface area contributed by atoms with E-state index in [1.165, 1.54) is 0 Å². The highest BCUT2D eigenvalue weighted by Gasteiger charge is 2.27. The van der Waals surface area contributed by atoms with Crippen LogP contribution in [0.1, 0.15) is 45.9 Å². The number of nitrogens with zero attached hydrogens (tertiary/aromatic N) is 2. The summed E-state index contributed by atoms with van der Waals surface area (Å²) in [5, 5.41) is 2.94. The molecule has 0 fully saturated rings. The zero-order valence-electron chi connectivity index (χ0n) is 18.8. The fraction of sp³-hybridized carbons (Fsp3) is 0.478. The maximum atomic E-state index is 13.3. The van der Waals surface area contributed by atoms with E-state index in [-0.39, 0.29) is 31.3 Å². The average Bonchev–Trinajstić information content (AvgIpc) is 3.34. The molecule has 0 radical (unpaired) electrons. The molecule has 0 spiro atoms. The molecule has 1 aliphatic heterocycles. The lowest BCUT2D eigenvalue weighted by atomic mass is 10.1. The van der Waals surface area contributed by atoms with Crippen molar-refractivity contribution in [1.29, 1.82) is 0 Å². The molecular weight excluding hydrogens is 398 g/mol. The summed E-state index contributed by atoms with van der Waals surface area (Å²) in [6.45, 7) is 10.3. The van der Waals surface area contributed by atoms with Gasteiger partial charge < -0.3 is 29.0 Å². The van der Waals surface area contributed by atoms with E-state index in [9.17, 15) is 9.59 Å². The van der Waals surface area contributed by atoms with Gasteiger partial charge in [-0.1, -0.05) is 6.07 Å². The van der Waals surface area contributed by atoms with Crippen LogP contribution in [0.25, 0.3) is 0 Å². The number of furan rings is 1. The fourth-order valence-corrected chi connectivity index (χ4v) is 3.21. The summed E-state index contributed by atoms with van der Waals surface area (Å²) < 4.78 is 16.3. The number of fused-ring (bicyclic) bond motifs is 1. The van der Waals surface area contributed by atoms with Crippen LogP contribution in [0.2, 0.25) is 0 Å². The van der Waals surface area contributed by atoms with Gasteiger partial charge in [-0.15, -0.1) is 0 Å². The molecule has 31 heavy (non-hydrogen) atoms. The Balaban J connectivity index is 1.77. The molecule has 8 nitrogen and oxygen atoms in total. The first-order chi connectivity index (χ1) is 14.6. The van der Waals surface area contributed by atoms with E-state index in [0.29, 0.717) is 30.3 Å². The second-order valence-electron chi connectivity index (χ2n) is 8.92. The van der Waals surface area contributed by atoms with Crippen molar-refractivity contribution in [3.63, 3.8) is 0 Å². The third-order valence-electron chi connectivity index (χ3n) is 4.76. The van der Waals surface area contributed by atoms with E-state index in [1.807, 2.05) is 58.9 Å². The van der Waals surface area contributed by atoms with E-state index < -0.39 is 5.54 Å². The van der Waals surface area contributed by atoms with Gasteiger partial charge in [-0.05, 0) is 64.4 Å². The lowest BCUT2D eigenvalue weighted by Crippen LogP contribution is -2.53. The number of carbonyl (C=O) groups is 2. The van der Waals surface area contributed by atoms with E-state index in [1.54, 1.807) is 22.1 Å². The van der Waals surface area contributed by atoms with Crippen LogP contribution >= 0.6 is 0 Å². The molecule has 0 bridgehead atoms. The van der Waals surface area contributed by atoms with Crippen LogP contribution in [0.3, 0.4) is 0 Å². The molecular formula is C23H31N3O5. The summed E-state index contributed by atoms with van der Waals surface area (Å²) >= 11 is 0. The second-order valence-corrected chi connectivity index (χ2v) is 8.92. The number of hydrogen-bond acceptors (Lipinski definition) is 5. The van der Waals surface area contributed by atoms with Crippen LogP contribution in [-0.2, 0) is 17.9 Å². The number of hydrogen-bond donors (Lipinski definition) is 1. The minimum Gasteiger partial charge on any atom is -0.467 e. The van der Waals surface area contributed by atoms with E-state index >= 15 is 0 Å². The van der Waals surface area contributed by atoms with Crippen LogP contribution in [0.15, 0.2) is 41.0 Å². The van der Waals surface area contributed by atoms with Crippen molar-refractivity contribution in [3.8, 4) is 11.5 Å².